The van der Waals surface area contributed by atoms with E-state index in [-0.39, 0.29) is 5.75 Å². The van der Waals surface area contributed by atoms with E-state index in [1.165, 1.54) is 0 Å². The molecule has 0 aliphatic rings. The van der Waals surface area contributed by atoms with Crippen molar-refractivity contribution in [2.45, 2.75) is 20.1 Å². The maximum atomic E-state index is 12.4. The summed E-state index contributed by atoms with van der Waals surface area (Å²) >= 11 is 3.21. The first-order valence-corrected chi connectivity index (χ1v) is 6.17. The first-order chi connectivity index (χ1) is 8.61. The van der Waals surface area contributed by atoms with Crippen molar-refractivity contribution in [2.75, 3.05) is 0 Å². The summed E-state index contributed by atoms with van der Waals surface area (Å²) in [5, 5.41) is 4.12. The molecular weight excluding hydrogens is 306 g/mol. The molecule has 96 valence electrons. The van der Waals surface area contributed by atoms with Crippen LogP contribution in [0.5, 0.6) is 5.75 Å². The van der Waals surface area contributed by atoms with Crippen molar-refractivity contribution in [3.63, 3.8) is 0 Å². The van der Waals surface area contributed by atoms with Crippen LogP contribution in [0.1, 0.15) is 6.92 Å². The van der Waals surface area contributed by atoms with Crippen LogP contribution in [0.3, 0.4) is 0 Å². The van der Waals surface area contributed by atoms with Crippen LogP contribution in [0, 0.1) is 0 Å². The van der Waals surface area contributed by atoms with Crippen molar-refractivity contribution in [1.82, 2.24) is 9.78 Å². The van der Waals surface area contributed by atoms with Crippen molar-refractivity contribution in [3.8, 4) is 16.9 Å². The van der Waals surface area contributed by atoms with Crippen LogP contribution < -0.4 is 4.74 Å². The van der Waals surface area contributed by atoms with Crippen LogP contribution in [0.4, 0.5) is 8.78 Å². The molecule has 1 heterocycles. The van der Waals surface area contributed by atoms with E-state index in [1.54, 1.807) is 35.3 Å². The van der Waals surface area contributed by atoms with Gasteiger partial charge in [-0.2, -0.15) is 13.9 Å². The summed E-state index contributed by atoms with van der Waals surface area (Å²) in [7, 11) is 0. The molecule has 2 rings (SSSR count). The normalized spacial score (nSPS) is 10.9. The SMILES string of the molecule is CCn1cc(-c2cccc(Br)c2OC(F)F)cn1. The predicted octanol–water partition coefficient (Wildman–Crippen LogP) is 3.93. The molecule has 0 fully saturated rings. The van der Waals surface area contributed by atoms with E-state index >= 15 is 0 Å². The van der Waals surface area contributed by atoms with Crippen molar-refractivity contribution in [1.29, 1.82) is 0 Å². The van der Waals surface area contributed by atoms with Crippen molar-refractivity contribution in [2.24, 2.45) is 0 Å². The van der Waals surface area contributed by atoms with Gasteiger partial charge in [0, 0.05) is 23.9 Å². The number of aryl methyl sites for hydroxylation is 1. The summed E-state index contributed by atoms with van der Waals surface area (Å²) in [6, 6.07) is 5.14. The highest BCUT2D eigenvalue weighted by Gasteiger charge is 2.15. The first-order valence-electron chi connectivity index (χ1n) is 5.38. The molecule has 3 nitrogen and oxygen atoms in total. The molecule has 0 saturated carbocycles. The quantitative estimate of drug-likeness (QED) is 0.854. The molecule has 1 aromatic carbocycles. The molecule has 0 saturated heterocycles. The standard InChI is InChI=1S/C12H11BrF2N2O/c1-2-17-7-8(6-16-17)9-4-3-5-10(13)11(9)18-12(14)15/h3-7,12H,2H2,1H3. The summed E-state index contributed by atoms with van der Waals surface area (Å²) in [5.41, 5.74) is 1.33. The first kappa shape index (κ1) is 13.0. The molecular formula is C12H11BrF2N2O. The fourth-order valence-corrected chi connectivity index (χ4v) is 2.08. The summed E-state index contributed by atoms with van der Waals surface area (Å²) in [4.78, 5) is 0. The third-order valence-corrected chi connectivity index (χ3v) is 3.07. The van der Waals surface area contributed by atoms with Gasteiger partial charge in [-0.3, -0.25) is 4.68 Å². The average Bonchev–Trinajstić information content (AvgIpc) is 2.80. The number of para-hydroxylation sites is 1. The Balaban J connectivity index is 2.46. The monoisotopic (exact) mass is 316 g/mol. The molecule has 0 spiro atoms. The highest BCUT2D eigenvalue weighted by atomic mass is 79.9. The lowest BCUT2D eigenvalue weighted by molar-refractivity contribution is -0.0499. The van der Waals surface area contributed by atoms with E-state index < -0.39 is 6.61 Å². The summed E-state index contributed by atoms with van der Waals surface area (Å²) in [5.74, 6) is 0.128. The molecule has 0 aliphatic carbocycles. The molecule has 2 aromatic rings. The lowest BCUT2D eigenvalue weighted by atomic mass is 10.1. The zero-order valence-corrected chi connectivity index (χ0v) is 11.2. The van der Waals surface area contributed by atoms with Gasteiger partial charge in [-0.05, 0) is 28.9 Å². The van der Waals surface area contributed by atoms with Gasteiger partial charge in [0.15, 0.2) is 0 Å². The minimum absolute atomic E-state index is 0.128. The van der Waals surface area contributed by atoms with Gasteiger partial charge in [-0.25, -0.2) is 0 Å². The second-order valence-electron chi connectivity index (χ2n) is 3.58. The van der Waals surface area contributed by atoms with E-state index in [9.17, 15) is 8.78 Å². The van der Waals surface area contributed by atoms with Crippen LogP contribution in [-0.4, -0.2) is 16.4 Å². The topological polar surface area (TPSA) is 27.1 Å². The van der Waals surface area contributed by atoms with Gasteiger partial charge < -0.3 is 4.74 Å². The Morgan fingerprint density at radius 1 is 1.44 bits per heavy atom. The summed E-state index contributed by atoms with van der Waals surface area (Å²) < 4.78 is 31.6. The Kier molecular flexibility index (Phi) is 3.96. The molecule has 0 aliphatic heterocycles. The highest BCUT2D eigenvalue weighted by molar-refractivity contribution is 9.10. The second-order valence-corrected chi connectivity index (χ2v) is 4.43. The molecule has 1 aromatic heterocycles. The van der Waals surface area contributed by atoms with Gasteiger partial charge in [0.2, 0.25) is 0 Å². The smallest absolute Gasteiger partial charge is 0.387 e. The largest absolute Gasteiger partial charge is 0.433 e. The van der Waals surface area contributed by atoms with Gasteiger partial charge in [-0.1, -0.05) is 12.1 Å². The number of halogens is 3. The lowest BCUT2D eigenvalue weighted by Gasteiger charge is -2.11. The molecule has 0 radical (unpaired) electrons. The maximum Gasteiger partial charge on any atom is 0.387 e. The second kappa shape index (κ2) is 5.48. The van der Waals surface area contributed by atoms with Gasteiger partial charge in [0.05, 0.1) is 10.7 Å². The Bertz CT molecular complexity index is 543. The van der Waals surface area contributed by atoms with Crippen LogP contribution in [0.25, 0.3) is 11.1 Å². The number of ether oxygens (including phenoxy) is 1. The van der Waals surface area contributed by atoms with Crippen molar-refractivity contribution in [3.05, 3.63) is 35.1 Å². The Morgan fingerprint density at radius 3 is 2.83 bits per heavy atom. The van der Waals surface area contributed by atoms with Gasteiger partial charge in [0.25, 0.3) is 0 Å². The van der Waals surface area contributed by atoms with Crippen molar-refractivity contribution >= 4 is 15.9 Å². The third-order valence-electron chi connectivity index (χ3n) is 2.44. The Morgan fingerprint density at radius 2 is 2.22 bits per heavy atom. The van der Waals surface area contributed by atoms with Gasteiger partial charge >= 0.3 is 6.61 Å². The Labute approximate surface area is 112 Å². The minimum atomic E-state index is -2.86. The number of nitrogens with zero attached hydrogens (tertiary/aromatic N) is 2. The minimum Gasteiger partial charge on any atom is -0.433 e. The fourth-order valence-electron chi connectivity index (χ4n) is 1.62. The van der Waals surface area contributed by atoms with Crippen LogP contribution >= 0.6 is 15.9 Å². The van der Waals surface area contributed by atoms with Crippen LogP contribution in [0.15, 0.2) is 35.1 Å². The van der Waals surface area contributed by atoms with Crippen molar-refractivity contribution < 1.29 is 13.5 Å². The summed E-state index contributed by atoms with van der Waals surface area (Å²) in [6.07, 6.45) is 3.42. The molecule has 6 heteroatoms. The number of benzene rings is 1. The van der Waals surface area contributed by atoms with Crippen LogP contribution in [0.2, 0.25) is 0 Å². The molecule has 0 bridgehead atoms. The number of rotatable bonds is 4. The number of aromatic nitrogens is 2. The molecule has 0 amide bonds. The molecule has 0 atom stereocenters. The maximum absolute atomic E-state index is 12.4. The third kappa shape index (κ3) is 2.69. The zero-order chi connectivity index (χ0) is 13.1. The Hall–Kier alpha value is -1.43. The fraction of sp³-hybridized carbons (Fsp3) is 0.250. The number of hydrogen-bond acceptors (Lipinski definition) is 2. The molecule has 0 N–H and O–H groups in total. The van der Waals surface area contributed by atoms with E-state index in [2.05, 4.69) is 25.8 Å². The van der Waals surface area contributed by atoms with Crippen LogP contribution in [-0.2, 0) is 6.54 Å². The van der Waals surface area contributed by atoms with Gasteiger partial charge in [-0.15, -0.1) is 0 Å². The molecule has 0 unspecified atom stereocenters. The summed E-state index contributed by atoms with van der Waals surface area (Å²) in [6.45, 7) is -0.184. The van der Waals surface area contributed by atoms with E-state index in [1.807, 2.05) is 6.92 Å². The highest BCUT2D eigenvalue weighted by Crippen LogP contribution is 2.37. The number of alkyl halides is 2. The zero-order valence-electron chi connectivity index (χ0n) is 9.61. The van der Waals surface area contributed by atoms with E-state index in [0.29, 0.717) is 10.0 Å². The number of hydrogen-bond donors (Lipinski definition) is 0. The molecule has 18 heavy (non-hydrogen) atoms. The van der Waals surface area contributed by atoms with E-state index in [0.717, 1.165) is 12.1 Å². The van der Waals surface area contributed by atoms with E-state index in [4.69, 9.17) is 0 Å². The average molecular weight is 317 g/mol. The predicted molar refractivity (Wildman–Crippen MR) is 67.7 cm³/mol. The van der Waals surface area contributed by atoms with Gasteiger partial charge in [0.1, 0.15) is 5.75 Å². The lowest BCUT2D eigenvalue weighted by Crippen LogP contribution is -2.03.